The summed E-state index contributed by atoms with van der Waals surface area (Å²) in [5.74, 6) is 0.430. The predicted molar refractivity (Wildman–Crippen MR) is 101 cm³/mol. The van der Waals surface area contributed by atoms with E-state index in [0.29, 0.717) is 5.92 Å². The summed E-state index contributed by atoms with van der Waals surface area (Å²) < 4.78 is 0. The van der Waals surface area contributed by atoms with Gasteiger partial charge in [0.1, 0.15) is 0 Å². The summed E-state index contributed by atoms with van der Waals surface area (Å²) in [7, 11) is 0. The second-order valence-corrected chi connectivity index (χ2v) is 6.84. The maximum Gasteiger partial charge on any atom is 0.253 e. The first-order valence-electron chi connectivity index (χ1n) is 8.95. The number of benzene rings is 2. The van der Waals surface area contributed by atoms with Crippen molar-refractivity contribution in [2.75, 3.05) is 25.0 Å². The number of rotatable bonds is 5. The zero-order valence-corrected chi connectivity index (χ0v) is 14.7. The van der Waals surface area contributed by atoms with E-state index in [1.165, 1.54) is 11.1 Å². The van der Waals surface area contributed by atoms with Crippen molar-refractivity contribution >= 4 is 11.6 Å². The maximum absolute atomic E-state index is 12.6. The van der Waals surface area contributed by atoms with Gasteiger partial charge in [-0.25, -0.2) is 0 Å². The Kier molecular flexibility index (Phi) is 5.71. The molecule has 2 aromatic carbocycles. The van der Waals surface area contributed by atoms with Crippen molar-refractivity contribution in [3.05, 3.63) is 65.2 Å². The van der Waals surface area contributed by atoms with Gasteiger partial charge in [0.05, 0.1) is 0 Å². The summed E-state index contributed by atoms with van der Waals surface area (Å²) in [6, 6.07) is 16.1. The van der Waals surface area contributed by atoms with E-state index >= 15 is 0 Å². The van der Waals surface area contributed by atoms with E-state index < -0.39 is 0 Å². The molecule has 1 saturated heterocycles. The Bertz CT molecular complexity index is 704. The van der Waals surface area contributed by atoms with Crippen LogP contribution in [0.15, 0.2) is 48.5 Å². The number of amides is 1. The molecule has 0 saturated carbocycles. The highest BCUT2D eigenvalue weighted by Crippen LogP contribution is 2.19. The van der Waals surface area contributed by atoms with Gasteiger partial charge in [-0.05, 0) is 55.5 Å². The molecule has 0 radical (unpaired) electrons. The summed E-state index contributed by atoms with van der Waals surface area (Å²) in [4.78, 5) is 14.5. The molecule has 1 aliphatic heterocycles. The largest absolute Gasteiger partial charge is 0.396 e. The summed E-state index contributed by atoms with van der Waals surface area (Å²) in [5, 5.41) is 12.6. The molecule has 4 nitrogen and oxygen atoms in total. The Balaban J connectivity index is 1.55. The molecule has 132 valence electrons. The van der Waals surface area contributed by atoms with Gasteiger partial charge in [-0.3, -0.25) is 4.79 Å². The minimum atomic E-state index is 0.0848. The van der Waals surface area contributed by atoms with Gasteiger partial charge in [0.2, 0.25) is 0 Å². The molecule has 4 heteroatoms. The fourth-order valence-electron chi connectivity index (χ4n) is 3.26. The van der Waals surface area contributed by atoms with Crippen LogP contribution in [0.25, 0.3) is 0 Å². The first kappa shape index (κ1) is 17.5. The smallest absolute Gasteiger partial charge is 0.253 e. The fourth-order valence-corrected chi connectivity index (χ4v) is 3.26. The van der Waals surface area contributed by atoms with Gasteiger partial charge in [-0.1, -0.05) is 29.8 Å². The van der Waals surface area contributed by atoms with Crippen LogP contribution in [0.2, 0.25) is 0 Å². The third-order valence-electron chi connectivity index (χ3n) is 4.87. The van der Waals surface area contributed by atoms with E-state index in [-0.39, 0.29) is 12.5 Å². The minimum Gasteiger partial charge on any atom is -0.396 e. The molecule has 1 fully saturated rings. The topological polar surface area (TPSA) is 52.6 Å². The molecule has 0 atom stereocenters. The summed E-state index contributed by atoms with van der Waals surface area (Å²) in [6.07, 6.45) is 1.77. The van der Waals surface area contributed by atoms with Crippen LogP contribution < -0.4 is 5.32 Å². The van der Waals surface area contributed by atoms with Gasteiger partial charge in [-0.2, -0.15) is 0 Å². The number of likely N-dealkylation sites (tertiary alicyclic amines) is 1. The van der Waals surface area contributed by atoms with Crippen molar-refractivity contribution in [3.63, 3.8) is 0 Å². The lowest BCUT2D eigenvalue weighted by Crippen LogP contribution is -2.39. The number of aryl methyl sites for hydroxylation is 1. The van der Waals surface area contributed by atoms with E-state index in [2.05, 4.69) is 36.5 Å². The van der Waals surface area contributed by atoms with Crippen LogP contribution in [0.4, 0.5) is 5.69 Å². The molecular weight excluding hydrogens is 312 g/mol. The second kappa shape index (κ2) is 8.17. The number of nitrogens with one attached hydrogen (secondary N) is 1. The zero-order chi connectivity index (χ0) is 17.6. The second-order valence-electron chi connectivity index (χ2n) is 6.84. The Morgan fingerprint density at radius 1 is 1.16 bits per heavy atom. The summed E-state index contributed by atoms with van der Waals surface area (Å²) in [5.41, 5.74) is 4.23. The maximum atomic E-state index is 12.6. The Morgan fingerprint density at radius 3 is 2.52 bits per heavy atom. The zero-order valence-electron chi connectivity index (χ0n) is 14.7. The first-order valence-corrected chi connectivity index (χ1v) is 8.95. The third-order valence-corrected chi connectivity index (χ3v) is 4.87. The number of hydrogen-bond donors (Lipinski definition) is 2. The van der Waals surface area contributed by atoms with Crippen molar-refractivity contribution < 1.29 is 9.90 Å². The number of nitrogens with zero attached hydrogens (tertiary/aromatic N) is 1. The Morgan fingerprint density at radius 2 is 1.88 bits per heavy atom. The highest BCUT2D eigenvalue weighted by Gasteiger charge is 2.22. The number of aliphatic hydroxyl groups excluding tert-OH is 1. The van der Waals surface area contributed by atoms with E-state index in [9.17, 15) is 9.90 Å². The minimum absolute atomic E-state index is 0.0848. The average molecular weight is 338 g/mol. The van der Waals surface area contributed by atoms with E-state index in [1.807, 2.05) is 29.2 Å². The lowest BCUT2D eigenvalue weighted by molar-refractivity contribution is 0.0651. The number of piperidine rings is 1. The highest BCUT2D eigenvalue weighted by atomic mass is 16.3. The van der Waals surface area contributed by atoms with Gasteiger partial charge >= 0.3 is 0 Å². The van der Waals surface area contributed by atoms with Crippen molar-refractivity contribution in [1.82, 2.24) is 4.90 Å². The molecule has 3 rings (SSSR count). The molecule has 1 aliphatic rings. The van der Waals surface area contributed by atoms with Crippen LogP contribution in [-0.4, -0.2) is 35.6 Å². The summed E-state index contributed by atoms with van der Waals surface area (Å²) >= 11 is 0. The highest BCUT2D eigenvalue weighted by molar-refractivity contribution is 5.94. The van der Waals surface area contributed by atoms with Crippen LogP contribution >= 0.6 is 0 Å². The molecule has 0 aromatic heterocycles. The van der Waals surface area contributed by atoms with E-state index in [0.717, 1.165) is 43.7 Å². The Hall–Kier alpha value is -2.33. The first-order chi connectivity index (χ1) is 12.2. The quantitative estimate of drug-likeness (QED) is 0.878. The molecule has 0 bridgehead atoms. The van der Waals surface area contributed by atoms with Gasteiger partial charge in [0.25, 0.3) is 5.91 Å². The number of aliphatic hydroxyl groups is 1. The van der Waals surface area contributed by atoms with Crippen LogP contribution in [0, 0.1) is 12.8 Å². The molecular formula is C21H26N2O2. The van der Waals surface area contributed by atoms with Gasteiger partial charge in [0, 0.05) is 37.5 Å². The number of hydrogen-bond acceptors (Lipinski definition) is 3. The molecule has 1 heterocycles. The monoisotopic (exact) mass is 338 g/mol. The van der Waals surface area contributed by atoms with Gasteiger partial charge in [-0.15, -0.1) is 0 Å². The van der Waals surface area contributed by atoms with Crippen LogP contribution in [-0.2, 0) is 6.54 Å². The molecule has 0 unspecified atom stereocenters. The normalized spacial score (nSPS) is 15.2. The van der Waals surface area contributed by atoms with Crippen LogP contribution in [0.5, 0.6) is 0 Å². The SMILES string of the molecule is Cc1cccc(CNc2ccc(C(=O)N3CCC(CO)CC3)cc2)c1. The van der Waals surface area contributed by atoms with Crippen LogP contribution in [0.3, 0.4) is 0 Å². The number of carbonyl (C=O) groups excluding carboxylic acids is 1. The lowest BCUT2D eigenvalue weighted by Gasteiger charge is -2.31. The molecule has 0 aliphatic carbocycles. The van der Waals surface area contributed by atoms with Gasteiger partial charge < -0.3 is 15.3 Å². The number of anilines is 1. The van der Waals surface area contributed by atoms with Gasteiger partial charge in [0.15, 0.2) is 0 Å². The molecule has 25 heavy (non-hydrogen) atoms. The molecule has 2 N–H and O–H groups in total. The van der Waals surface area contributed by atoms with Crippen molar-refractivity contribution in [2.45, 2.75) is 26.3 Å². The molecule has 2 aromatic rings. The van der Waals surface area contributed by atoms with Crippen molar-refractivity contribution in [3.8, 4) is 0 Å². The predicted octanol–water partition coefficient (Wildman–Crippen LogP) is 3.45. The van der Waals surface area contributed by atoms with E-state index in [1.54, 1.807) is 0 Å². The molecule has 0 spiro atoms. The van der Waals surface area contributed by atoms with Crippen molar-refractivity contribution in [1.29, 1.82) is 0 Å². The van der Waals surface area contributed by atoms with Crippen molar-refractivity contribution in [2.24, 2.45) is 5.92 Å². The molecule has 1 amide bonds. The standard InChI is InChI=1S/C21H26N2O2/c1-16-3-2-4-18(13-16)14-22-20-7-5-19(6-8-20)21(25)23-11-9-17(15-24)10-12-23/h2-8,13,17,22,24H,9-12,14-15H2,1H3. The fraction of sp³-hybridized carbons (Fsp3) is 0.381. The summed E-state index contributed by atoms with van der Waals surface area (Å²) in [6.45, 7) is 4.55. The van der Waals surface area contributed by atoms with E-state index in [4.69, 9.17) is 0 Å². The third kappa shape index (κ3) is 4.60. The van der Waals surface area contributed by atoms with Crippen LogP contribution in [0.1, 0.15) is 34.3 Å². The average Bonchev–Trinajstić information content (AvgIpc) is 2.66. The number of carbonyl (C=O) groups is 1. The lowest BCUT2D eigenvalue weighted by atomic mass is 9.97. The Labute approximate surface area is 149 Å².